The largest absolute Gasteiger partial charge is 0.494 e. The van der Waals surface area contributed by atoms with Crippen molar-refractivity contribution < 1.29 is 19.0 Å². The van der Waals surface area contributed by atoms with Gasteiger partial charge >= 0.3 is 0 Å². The highest BCUT2D eigenvalue weighted by atomic mass is 19.1. The lowest BCUT2D eigenvalue weighted by Gasteiger charge is -2.34. The van der Waals surface area contributed by atoms with Crippen LogP contribution in [0.3, 0.4) is 0 Å². The Morgan fingerprint density at radius 1 is 1.43 bits per heavy atom. The van der Waals surface area contributed by atoms with E-state index in [1.54, 1.807) is 6.07 Å². The molecule has 1 aliphatic rings. The molecule has 1 aromatic carbocycles. The zero-order chi connectivity index (χ0) is 15.4. The Kier molecular flexibility index (Phi) is 5.31. The second-order valence-electron chi connectivity index (χ2n) is 5.61. The number of ketones is 1. The van der Waals surface area contributed by atoms with Gasteiger partial charge in [-0.2, -0.15) is 0 Å². The SMILES string of the molecule is COc1ccc(C(=O)CN(C)C2CCCCC2O)cc1F. The number of aliphatic hydroxyl groups is 1. The minimum Gasteiger partial charge on any atom is -0.494 e. The molecule has 0 radical (unpaired) electrons. The number of hydrogen-bond acceptors (Lipinski definition) is 4. The summed E-state index contributed by atoms with van der Waals surface area (Å²) >= 11 is 0. The molecule has 1 aliphatic carbocycles. The van der Waals surface area contributed by atoms with E-state index >= 15 is 0 Å². The van der Waals surface area contributed by atoms with Crippen LogP contribution in [0.4, 0.5) is 4.39 Å². The minimum absolute atomic E-state index is 0.00537. The third-order valence-corrected chi connectivity index (χ3v) is 4.13. The smallest absolute Gasteiger partial charge is 0.176 e. The lowest BCUT2D eigenvalue weighted by atomic mass is 9.91. The van der Waals surface area contributed by atoms with Gasteiger partial charge in [0.15, 0.2) is 17.3 Å². The molecule has 1 aromatic rings. The summed E-state index contributed by atoms with van der Waals surface area (Å²) in [6.45, 7) is 0.174. The Morgan fingerprint density at radius 2 is 2.14 bits per heavy atom. The second-order valence-corrected chi connectivity index (χ2v) is 5.61. The zero-order valence-electron chi connectivity index (χ0n) is 12.5. The molecule has 0 aromatic heterocycles. The molecule has 0 bridgehead atoms. The summed E-state index contributed by atoms with van der Waals surface area (Å²) in [5.41, 5.74) is 0.324. The first-order valence-corrected chi connectivity index (χ1v) is 7.28. The lowest BCUT2D eigenvalue weighted by Crippen LogP contribution is -2.45. The van der Waals surface area contributed by atoms with Gasteiger partial charge in [-0.3, -0.25) is 9.69 Å². The Bertz CT molecular complexity index is 506. The monoisotopic (exact) mass is 295 g/mol. The number of ether oxygens (including phenoxy) is 1. The van der Waals surface area contributed by atoms with Crippen molar-refractivity contribution in [1.82, 2.24) is 4.90 Å². The minimum atomic E-state index is -0.538. The van der Waals surface area contributed by atoms with Crippen LogP contribution < -0.4 is 4.74 Å². The number of aliphatic hydroxyl groups excluding tert-OH is 1. The van der Waals surface area contributed by atoms with Gasteiger partial charge in [0.1, 0.15) is 0 Å². The summed E-state index contributed by atoms with van der Waals surface area (Å²) in [7, 11) is 3.22. The van der Waals surface area contributed by atoms with Crippen molar-refractivity contribution in [3.8, 4) is 5.75 Å². The number of hydrogen-bond donors (Lipinski definition) is 1. The fourth-order valence-electron chi connectivity index (χ4n) is 2.88. The van der Waals surface area contributed by atoms with Crippen molar-refractivity contribution in [3.63, 3.8) is 0 Å². The van der Waals surface area contributed by atoms with Crippen LogP contribution >= 0.6 is 0 Å². The lowest BCUT2D eigenvalue weighted by molar-refractivity contribution is 0.0322. The van der Waals surface area contributed by atoms with E-state index in [0.29, 0.717) is 5.56 Å². The number of nitrogens with zero attached hydrogens (tertiary/aromatic N) is 1. The molecule has 0 spiro atoms. The molecule has 0 saturated heterocycles. The van der Waals surface area contributed by atoms with Gasteiger partial charge in [-0.25, -0.2) is 4.39 Å². The molecule has 116 valence electrons. The highest BCUT2D eigenvalue weighted by Crippen LogP contribution is 2.23. The van der Waals surface area contributed by atoms with E-state index in [-0.39, 0.29) is 30.2 Å². The normalized spacial score (nSPS) is 22.3. The van der Waals surface area contributed by atoms with Crippen molar-refractivity contribution in [2.45, 2.75) is 37.8 Å². The van der Waals surface area contributed by atoms with Crippen LogP contribution in [0.5, 0.6) is 5.75 Å². The molecule has 0 amide bonds. The topological polar surface area (TPSA) is 49.8 Å². The van der Waals surface area contributed by atoms with Crippen LogP contribution in [0.2, 0.25) is 0 Å². The quantitative estimate of drug-likeness (QED) is 0.847. The Morgan fingerprint density at radius 3 is 2.76 bits per heavy atom. The van der Waals surface area contributed by atoms with Gasteiger partial charge < -0.3 is 9.84 Å². The zero-order valence-corrected chi connectivity index (χ0v) is 12.5. The maximum Gasteiger partial charge on any atom is 0.176 e. The fourth-order valence-corrected chi connectivity index (χ4v) is 2.88. The number of methoxy groups -OCH3 is 1. The van der Waals surface area contributed by atoms with Gasteiger partial charge in [-0.1, -0.05) is 12.8 Å². The van der Waals surface area contributed by atoms with E-state index in [9.17, 15) is 14.3 Å². The van der Waals surface area contributed by atoms with Crippen LogP contribution in [0, 0.1) is 5.82 Å². The van der Waals surface area contributed by atoms with Gasteiger partial charge in [0, 0.05) is 11.6 Å². The summed E-state index contributed by atoms with van der Waals surface area (Å²) in [5, 5.41) is 10.0. The molecule has 2 rings (SSSR count). The summed E-state index contributed by atoms with van der Waals surface area (Å²) in [4.78, 5) is 14.1. The van der Waals surface area contributed by atoms with Gasteiger partial charge in [0.25, 0.3) is 0 Å². The third-order valence-electron chi connectivity index (χ3n) is 4.13. The molecule has 5 heteroatoms. The highest BCUT2D eigenvalue weighted by molar-refractivity contribution is 5.97. The van der Waals surface area contributed by atoms with Crippen molar-refractivity contribution >= 4 is 5.78 Å². The average molecular weight is 295 g/mol. The van der Waals surface area contributed by atoms with Gasteiger partial charge in [0.2, 0.25) is 0 Å². The van der Waals surface area contributed by atoms with Crippen LogP contribution in [0.15, 0.2) is 18.2 Å². The predicted molar refractivity (Wildman–Crippen MR) is 78.2 cm³/mol. The van der Waals surface area contributed by atoms with Crippen molar-refractivity contribution in [1.29, 1.82) is 0 Å². The molecule has 4 nitrogen and oxygen atoms in total. The molecule has 0 heterocycles. The number of carbonyl (C=O) groups is 1. The fraction of sp³-hybridized carbons (Fsp3) is 0.562. The number of rotatable bonds is 5. The van der Waals surface area contributed by atoms with E-state index in [0.717, 1.165) is 25.7 Å². The van der Waals surface area contributed by atoms with Crippen LogP contribution in [0.1, 0.15) is 36.0 Å². The van der Waals surface area contributed by atoms with Crippen molar-refractivity contribution in [3.05, 3.63) is 29.6 Å². The molecule has 1 saturated carbocycles. The number of Topliss-reactive ketones (excluding diaryl/α,β-unsaturated/α-hetero) is 1. The van der Waals surface area contributed by atoms with Crippen LogP contribution in [0.25, 0.3) is 0 Å². The molecule has 1 N–H and O–H groups in total. The standard InChI is InChI=1S/C16H22FNO3/c1-18(13-5-3-4-6-14(13)19)10-15(20)11-7-8-16(21-2)12(17)9-11/h7-9,13-14,19H,3-6,10H2,1-2H3. The van der Waals surface area contributed by atoms with Crippen molar-refractivity contribution in [2.75, 3.05) is 20.7 Å². The third kappa shape index (κ3) is 3.80. The molecular weight excluding hydrogens is 273 g/mol. The molecule has 21 heavy (non-hydrogen) atoms. The first kappa shape index (κ1) is 15.9. The van der Waals surface area contributed by atoms with E-state index in [1.165, 1.54) is 19.2 Å². The van der Waals surface area contributed by atoms with Gasteiger partial charge in [-0.15, -0.1) is 0 Å². The number of halogens is 1. The van der Waals surface area contributed by atoms with Crippen LogP contribution in [-0.4, -0.2) is 48.6 Å². The summed E-state index contributed by atoms with van der Waals surface area (Å²) in [6, 6.07) is 4.23. The molecular formula is C16H22FNO3. The molecule has 2 unspecified atom stereocenters. The molecule has 1 fully saturated rings. The first-order chi connectivity index (χ1) is 10.0. The van der Waals surface area contributed by atoms with E-state index < -0.39 is 5.82 Å². The average Bonchev–Trinajstić information content (AvgIpc) is 2.47. The van der Waals surface area contributed by atoms with Crippen LogP contribution in [-0.2, 0) is 0 Å². The Hall–Kier alpha value is -1.46. The summed E-state index contributed by atoms with van der Waals surface area (Å²) in [5.74, 6) is -0.567. The summed E-state index contributed by atoms with van der Waals surface area (Å²) in [6.07, 6.45) is 3.38. The Balaban J connectivity index is 2.01. The molecule has 0 aliphatic heterocycles. The summed E-state index contributed by atoms with van der Waals surface area (Å²) < 4.78 is 18.5. The molecule has 2 atom stereocenters. The number of carbonyl (C=O) groups excluding carboxylic acids is 1. The van der Waals surface area contributed by atoms with Gasteiger partial charge in [0.05, 0.1) is 19.8 Å². The highest BCUT2D eigenvalue weighted by Gasteiger charge is 2.27. The van der Waals surface area contributed by atoms with E-state index in [2.05, 4.69) is 0 Å². The van der Waals surface area contributed by atoms with Crippen molar-refractivity contribution in [2.24, 2.45) is 0 Å². The first-order valence-electron chi connectivity index (χ1n) is 7.28. The second kappa shape index (κ2) is 7.00. The number of benzene rings is 1. The Labute approximate surface area is 124 Å². The van der Waals surface area contributed by atoms with Gasteiger partial charge in [-0.05, 0) is 38.1 Å². The van der Waals surface area contributed by atoms with E-state index in [1.807, 2.05) is 11.9 Å². The maximum absolute atomic E-state index is 13.6. The predicted octanol–water partition coefficient (Wildman–Crippen LogP) is 2.25. The van der Waals surface area contributed by atoms with E-state index in [4.69, 9.17) is 4.74 Å². The maximum atomic E-state index is 13.6. The number of likely N-dealkylation sites (N-methyl/N-ethyl adjacent to an activating group) is 1.